The summed E-state index contributed by atoms with van der Waals surface area (Å²) in [5.41, 5.74) is 2.30. The number of Topliss-reactive ketones (excluding diaryl/α,β-unsaturated/α-hetero) is 1. The number of rotatable bonds is 3. The molecule has 0 aromatic heterocycles. The number of aryl methyl sites for hydroxylation is 1. The molecule has 0 heterocycles. The number of hydrogen-bond donors (Lipinski definition) is 0. The molecule has 1 rings (SSSR count). The van der Waals surface area contributed by atoms with Crippen LogP contribution in [0.25, 0.3) is 0 Å². The first-order valence-electron chi connectivity index (χ1n) is 6.04. The van der Waals surface area contributed by atoms with Crippen LogP contribution in [-0.4, -0.2) is 12.9 Å². The third-order valence-corrected chi connectivity index (χ3v) is 3.42. The topological polar surface area (TPSA) is 26.3 Å². The van der Waals surface area contributed by atoms with Crippen molar-refractivity contribution >= 4 is 17.4 Å². The van der Waals surface area contributed by atoms with Crippen LogP contribution in [0, 0.1) is 19.3 Å². The third-order valence-electron chi connectivity index (χ3n) is 2.83. The van der Waals surface area contributed by atoms with Crippen molar-refractivity contribution in [2.45, 2.75) is 41.0 Å². The second kappa shape index (κ2) is 5.31. The van der Waals surface area contributed by atoms with Gasteiger partial charge in [0.15, 0.2) is 5.78 Å². The van der Waals surface area contributed by atoms with Crippen molar-refractivity contribution in [1.82, 2.24) is 0 Å². The highest BCUT2D eigenvalue weighted by Gasteiger charge is 2.23. The molecule has 0 amide bonds. The standard InChI is InChI=1S/C15H21ClO2/c1-9-7-12(18-6)13(10(2)14(9)16)11(17)8-15(3,4)5/h7H,8H2,1-6H3. The lowest BCUT2D eigenvalue weighted by Crippen LogP contribution is -2.15. The summed E-state index contributed by atoms with van der Waals surface area (Å²) in [5, 5.41) is 0.646. The van der Waals surface area contributed by atoms with Crippen LogP contribution >= 0.6 is 11.6 Å². The average Bonchev–Trinajstić information content (AvgIpc) is 2.22. The van der Waals surface area contributed by atoms with Crippen LogP contribution in [0.3, 0.4) is 0 Å². The van der Waals surface area contributed by atoms with Gasteiger partial charge in [0.2, 0.25) is 0 Å². The lowest BCUT2D eigenvalue weighted by molar-refractivity contribution is 0.0936. The predicted molar refractivity (Wildman–Crippen MR) is 75.9 cm³/mol. The lowest BCUT2D eigenvalue weighted by atomic mass is 9.86. The fourth-order valence-electron chi connectivity index (χ4n) is 2.00. The number of carbonyl (C=O) groups is 1. The molecule has 100 valence electrons. The van der Waals surface area contributed by atoms with E-state index in [1.54, 1.807) is 7.11 Å². The van der Waals surface area contributed by atoms with Gasteiger partial charge in [0.1, 0.15) is 5.75 Å². The Labute approximate surface area is 114 Å². The zero-order chi connectivity index (χ0) is 14.1. The molecule has 0 radical (unpaired) electrons. The molecular weight excluding hydrogens is 248 g/mol. The monoisotopic (exact) mass is 268 g/mol. The number of ketones is 1. The van der Waals surface area contributed by atoms with Gasteiger partial charge in [-0.3, -0.25) is 4.79 Å². The molecule has 3 heteroatoms. The Hall–Kier alpha value is -1.02. The smallest absolute Gasteiger partial charge is 0.167 e. The Balaban J connectivity index is 3.31. The fraction of sp³-hybridized carbons (Fsp3) is 0.533. The number of halogens is 1. The maximum Gasteiger partial charge on any atom is 0.167 e. The van der Waals surface area contributed by atoms with E-state index in [-0.39, 0.29) is 11.2 Å². The van der Waals surface area contributed by atoms with Crippen molar-refractivity contribution in [3.8, 4) is 5.75 Å². The van der Waals surface area contributed by atoms with Crippen molar-refractivity contribution in [3.63, 3.8) is 0 Å². The van der Waals surface area contributed by atoms with Crippen molar-refractivity contribution < 1.29 is 9.53 Å². The van der Waals surface area contributed by atoms with Crippen molar-refractivity contribution in [1.29, 1.82) is 0 Å². The zero-order valence-electron chi connectivity index (χ0n) is 12.0. The summed E-state index contributed by atoms with van der Waals surface area (Å²) in [5.74, 6) is 0.697. The minimum absolute atomic E-state index is 0.0497. The minimum atomic E-state index is -0.0497. The second-order valence-electron chi connectivity index (χ2n) is 5.87. The van der Waals surface area contributed by atoms with E-state index in [1.807, 2.05) is 40.7 Å². The van der Waals surface area contributed by atoms with Gasteiger partial charge in [-0.1, -0.05) is 32.4 Å². The highest BCUT2D eigenvalue weighted by molar-refractivity contribution is 6.32. The number of carbonyl (C=O) groups excluding carboxylic acids is 1. The summed E-state index contributed by atoms with van der Waals surface area (Å²) in [6.07, 6.45) is 0.476. The molecule has 0 unspecified atom stereocenters. The largest absolute Gasteiger partial charge is 0.496 e. The van der Waals surface area contributed by atoms with Crippen LogP contribution in [0.4, 0.5) is 0 Å². The summed E-state index contributed by atoms with van der Waals surface area (Å²) in [4.78, 5) is 12.4. The quantitative estimate of drug-likeness (QED) is 0.750. The maximum atomic E-state index is 12.4. The minimum Gasteiger partial charge on any atom is -0.496 e. The van der Waals surface area contributed by atoms with Gasteiger partial charge in [-0.15, -0.1) is 0 Å². The molecule has 0 atom stereocenters. The van der Waals surface area contributed by atoms with Crippen LogP contribution in [0.1, 0.15) is 48.7 Å². The Kier molecular flexibility index (Phi) is 4.44. The first-order valence-corrected chi connectivity index (χ1v) is 6.42. The van der Waals surface area contributed by atoms with Gasteiger partial charge in [0, 0.05) is 11.4 Å². The summed E-state index contributed by atoms with van der Waals surface area (Å²) in [6.45, 7) is 9.91. The average molecular weight is 269 g/mol. The molecular formula is C15H21ClO2. The van der Waals surface area contributed by atoms with Crippen LogP contribution in [-0.2, 0) is 0 Å². The van der Waals surface area contributed by atoms with Gasteiger partial charge in [-0.2, -0.15) is 0 Å². The van der Waals surface area contributed by atoms with E-state index in [9.17, 15) is 4.79 Å². The van der Waals surface area contributed by atoms with Gasteiger partial charge in [-0.25, -0.2) is 0 Å². The van der Waals surface area contributed by atoms with Gasteiger partial charge in [0.25, 0.3) is 0 Å². The molecule has 1 aromatic carbocycles. The number of methoxy groups -OCH3 is 1. The molecule has 0 saturated heterocycles. The summed E-state index contributed by atoms with van der Waals surface area (Å²) in [6, 6.07) is 1.82. The first-order chi connectivity index (χ1) is 8.17. The van der Waals surface area contributed by atoms with Crippen LogP contribution in [0.15, 0.2) is 6.07 Å². The summed E-state index contributed by atoms with van der Waals surface area (Å²) < 4.78 is 5.32. The molecule has 0 aliphatic carbocycles. The highest BCUT2D eigenvalue weighted by Crippen LogP contribution is 2.34. The normalized spacial score (nSPS) is 11.5. The van der Waals surface area contributed by atoms with Crippen LogP contribution < -0.4 is 4.74 Å². The molecule has 0 aliphatic rings. The van der Waals surface area contributed by atoms with Crippen LogP contribution in [0.5, 0.6) is 5.75 Å². The third kappa shape index (κ3) is 3.26. The van der Waals surface area contributed by atoms with Crippen molar-refractivity contribution in [3.05, 3.63) is 27.8 Å². The Morgan fingerprint density at radius 2 is 1.89 bits per heavy atom. The van der Waals surface area contributed by atoms with E-state index in [1.165, 1.54) is 0 Å². The Bertz CT molecular complexity index is 470. The van der Waals surface area contributed by atoms with E-state index in [2.05, 4.69) is 0 Å². The molecule has 0 bridgehead atoms. The lowest BCUT2D eigenvalue weighted by Gasteiger charge is -2.20. The van der Waals surface area contributed by atoms with Crippen LogP contribution in [0.2, 0.25) is 5.02 Å². The molecule has 0 N–H and O–H groups in total. The summed E-state index contributed by atoms with van der Waals surface area (Å²) in [7, 11) is 1.58. The predicted octanol–water partition coefficient (Wildman–Crippen LogP) is 4.58. The van der Waals surface area contributed by atoms with Crippen molar-refractivity contribution in [2.24, 2.45) is 5.41 Å². The first kappa shape index (κ1) is 15.0. The van der Waals surface area contributed by atoms with Crippen molar-refractivity contribution in [2.75, 3.05) is 7.11 Å². The van der Waals surface area contributed by atoms with E-state index >= 15 is 0 Å². The number of benzene rings is 1. The number of ether oxygens (including phenoxy) is 1. The SMILES string of the molecule is COc1cc(C)c(Cl)c(C)c1C(=O)CC(C)(C)C. The summed E-state index contributed by atoms with van der Waals surface area (Å²) >= 11 is 6.22. The molecule has 0 saturated carbocycles. The van der Waals surface area contributed by atoms with Gasteiger partial charge >= 0.3 is 0 Å². The van der Waals surface area contributed by atoms with Gasteiger partial charge in [-0.05, 0) is 36.5 Å². The van der Waals surface area contributed by atoms with E-state index in [0.717, 1.165) is 11.1 Å². The zero-order valence-corrected chi connectivity index (χ0v) is 12.7. The molecule has 0 fully saturated rings. The molecule has 0 aliphatic heterocycles. The molecule has 18 heavy (non-hydrogen) atoms. The maximum absolute atomic E-state index is 12.4. The van der Waals surface area contributed by atoms with E-state index in [4.69, 9.17) is 16.3 Å². The number of hydrogen-bond acceptors (Lipinski definition) is 2. The Morgan fingerprint density at radius 1 is 1.33 bits per heavy atom. The highest BCUT2D eigenvalue weighted by atomic mass is 35.5. The van der Waals surface area contributed by atoms with Gasteiger partial charge < -0.3 is 4.74 Å². The second-order valence-corrected chi connectivity index (χ2v) is 6.25. The molecule has 0 spiro atoms. The molecule has 2 nitrogen and oxygen atoms in total. The van der Waals surface area contributed by atoms with E-state index in [0.29, 0.717) is 22.8 Å². The van der Waals surface area contributed by atoms with E-state index < -0.39 is 0 Å². The fourth-order valence-corrected chi connectivity index (χ4v) is 2.15. The Morgan fingerprint density at radius 3 is 2.33 bits per heavy atom. The van der Waals surface area contributed by atoms with Gasteiger partial charge in [0.05, 0.1) is 12.7 Å². The molecule has 1 aromatic rings.